The summed E-state index contributed by atoms with van der Waals surface area (Å²) in [6.07, 6.45) is 6.77. The molecule has 0 fully saturated rings. The summed E-state index contributed by atoms with van der Waals surface area (Å²) in [6, 6.07) is 8.03. The highest BCUT2D eigenvalue weighted by atomic mass is 16.6. The number of hydrogen-bond acceptors (Lipinski definition) is 3. The van der Waals surface area contributed by atoms with Crippen LogP contribution in [0.3, 0.4) is 0 Å². The van der Waals surface area contributed by atoms with Crippen LogP contribution < -0.4 is 10.2 Å². The van der Waals surface area contributed by atoms with Gasteiger partial charge in [0.2, 0.25) is 0 Å². The Morgan fingerprint density at radius 1 is 1.29 bits per heavy atom. The Hall–Kier alpha value is -1.58. The van der Waals surface area contributed by atoms with Gasteiger partial charge in [0, 0.05) is 0 Å². The van der Waals surface area contributed by atoms with E-state index in [1.165, 1.54) is 0 Å². The molecule has 1 rings (SSSR count). The molecule has 0 heterocycles. The molecule has 1 N–H and O–H groups in total. The maximum Gasteiger partial charge on any atom is 0.118 e. The standard InChI is InChI=1S/C14H19NO2/c1-4-5-13(15-17-3)9-6-12-7-10-14(16-2)11-8-12/h4,6-11,13,15H,1,5H2,2-3H3/b9-6+. The predicted octanol–water partition coefficient (Wildman–Crippen LogP) is 2.80. The van der Waals surface area contributed by atoms with Crippen molar-refractivity contribution >= 4 is 6.08 Å². The smallest absolute Gasteiger partial charge is 0.118 e. The van der Waals surface area contributed by atoms with Gasteiger partial charge in [-0.2, -0.15) is 5.48 Å². The van der Waals surface area contributed by atoms with E-state index in [1.54, 1.807) is 14.2 Å². The van der Waals surface area contributed by atoms with E-state index in [9.17, 15) is 0 Å². The monoisotopic (exact) mass is 233 g/mol. The highest BCUT2D eigenvalue weighted by molar-refractivity contribution is 5.51. The minimum Gasteiger partial charge on any atom is -0.497 e. The van der Waals surface area contributed by atoms with E-state index in [1.807, 2.05) is 42.5 Å². The highest BCUT2D eigenvalue weighted by Gasteiger charge is 2.00. The van der Waals surface area contributed by atoms with Gasteiger partial charge in [-0.3, -0.25) is 0 Å². The number of hydrogen-bond donors (Lipinski definition) is 1. The average molecular weight is 233 g/mol. The first-order valence-electron chi connectivity index (χ1n) is 5.51. The number of nitrogens with one attached hydrogen (secondary N) is 1. The van der Waals surface area contributed by atoms with Crippen molar-refractivity contribution < 1.29 is 9.57 Å². The molecule has 17 heavy (non-hydrogen) atoms. The van der Waals surface area contributed by atoms with Crippen molar-refractivity contribution in [1.29, 1.82) is 0 Å². The van der Waals surface area contributed by atoms with E-state index in [0.29, 0.717) is 0 Å². The third-order valence-corrected chi connectivity index (χ3v) is 2.33. The summed E-state index contributed by atoms with van der Waals surface area (Å²) >= 11 is 0. The van der Waals surface area contributed by atoms with Gasteiger partial charge in [-0.1, -0.05) is 30.4 Å². The molecule has 0 amide bonds. The van der Waals surface area contributed by atoms with Crippen molar-refractivity contribution in [2.24, 2.45) is 0 Å². The van der Waals surface area contributed by atoms with E-state index in [4.69, 9.17) is 9.57 Å². The summed E-state index contributed by atoms with van der Waals surface area (Å²) in [5.41, 5.74) is 4.02. The topological polar surface area (TPSA) is 30.5 Å². The number of ether oxygens (including phenoxy) is 1. The second-order valence-corrected chi connectivity index (χ2v) is 3.59. The van der Waals surface area contributed by atoms with E-state index in [2.05, 4.69) is 12.1 Å². The molecule has 0 saturated carbocycles. The van der Waals surface area contributed by atoms with E-state index >= 15 is 0 Å². The lowest BCUT2D eigenvalue weighted by molar-refractivity contribution is 0.0746. The quantitative estimate of drug-likeness (QED) is 0.580. The molecule has 92 valence electrons. The fourth-order valence-corrected chi connectivity index (χ4v) is 1.44. The molecule has 1 unspecified atom stereocenters. The molecule has 3 heteroatoms. The predicted molar refractivity (Wildman–Crippen MR) is 70.8 cm³/mol. The number of methoxy groups -OCH3 is 1. The molecule has 0 bridgehead atoms. The Balaban J connectivity index is 2.62. The van der Waals surface area contributed by atoms with Crippen LogP contribution in [0.15, 0.2) is 43.0 Å². The Bertz CT molecular complexity index is 357. The van der Waals surface area contributed by atoms with Crippen molar-refractivity contribution in [3.8, 4) is 5.75 Å². The van der Waals surface area contributed by atoms with Crippen molar-refractivity contribution in [1.82, 2.24) is 5.48 Å². The van der Waals surface area contributed by atoms with E-state index < -0.39 is 0 Å². The van der Waals surface area contributed by atoms with Crippen LogP contribution >= 0.6 is 0 Å². The van der Waals surface area contributed by atoms with Gasteiger partial charge in [-0.05, 0) is 24.1 Å². The van der Waals surface area contributed by atoms with Crippen LogP contribution in [0, 0.1) is 0 Å². The first-order valence-corrected chi connectivity index (χ1v) is 5.51. The zero-order valence-electron chi connectivity index (χ0n) is 10.3. The fourth-order valence-electron chi connectivity index (χ4n) is 1.44. The summed E-state index contributed by atoms with van der Waals surface area (Å²) < 4.78 is 5.10. The van der Waals surface area contributed by atoms with Crippen LogP contribution in [0.1, 0.15) is 12.0 Å². The van der Waals surface area contributed by atoms with E-state index in [-0.39, 0.29) is 6.04 Å². The summed E-state index contributed by atoms with van der Waals surface area (Å²) in [7, 11) is 3.27. The molecule has 0 aliphatic rings. The SMILES string of the molecule is C=CCC(/C=C/c1ccc(OC)cc1)NOC. The minimum absolute atomic E-state index is 0.139. The summed E-state index contributed by atoms with van der Waals surface area (Å²) in [5.74, 6) is 0.861. The maximum atomic E-state index is 5.10. The summed E-state index contributed by atoms with van der Waals surface area (Å²) in [4.78, 5) is 4.91. The Morgan fingerprint density at radius 2 is 2.00 bits per heavy atom. The largest absolute Gasteiger partial charge is 0.497 e. The molecule has 1 aromatic carbocycles. The van der Waals surface area contributed by atoms with Crippen molar-refractivity contribution in [3.05, 3.63) is 48.6 Å². The number of rotatable bonds is 7. The maximum absolute atomic E-state index is 5.10. The van der Waals surface area contributed by atoms with Crippen molar-refractivity contribution in [2.75, 3.05) is 14.2 Å². The molecule has 0 aromatic heterocycles. The van der Waals surface area contributed by atoms with Gasteiger partial charge < -0.3 is 9.57 Å². The van der Waals surface area contributed by atoms with Gasteiger partial charge in [-0.25, -0.2) is 0 Å². The van der Waals surface area contributed by atoms with Crippen LogP contribution in [0.25, 0.3) is 6.08 Å². The van der Waals surface area contributed by atoms with Gasteiger partial charge in [-0.15, -0.1) is 6.58 Å². The molecule has 0 radical (unpaired) electrons. The molecule has 1 aromatic rings. The summed E-state index contributed by atoms with van der Waals surface area (Å²) in [6.45, 7) is 3.71. The van der Waals surface area contributed by atoms with Gasteiger partial charge in [0.15, 0.2) is 0 Å². The van der Waals surface area contributed by atoms with Crippen LogP contribution in [-0.4, -0.2) is 20.3 Å². The third kappa shape index (κ3) is 4.85. The van der Waals surface area contributed by atoms with Crippen LogP contribution in [-0.2, 0) is 4.84 Å². The average Bonchev–Trinajstić information content (AvgIpc) is 2.37. The summed E-state index contributed by atoms with van der Waals surface area (Å²) in [5, 5.41) is 0. The second-order valence-electron chi connectivity index (χ2n) is 3.59. The van der Waals surface area contributed by atoms with Crippen molar-refractivity contribution in [2.45, 2.75) is 12.5 Å². The Labute approximate surface area is 103 Å². The fraction of sp³-hybridized carbons (Fsp3) is 0.286. The van der Waals surface area contributed by atoms with Crippen molar-refractivity contribution in [3.63, 3.8) is 0 Å². The Morgan fingerprint density at radius 3 is 2.53 bits per heavy atom. The molecule has 0 spiro atoms. The highest BCUT2D eigenvalue weighted by Crippen LogP contribution is 2.12. The van der Waals surface area contributed by atoms with E-state index in [0.717, 1.165) is 17.7 Å². The third-order valence-electron chi connectivity index (χ3n) is 2.33. The normalized spacial score (nSPS) is 12.6. The molecule has 0 saturated heterocycles. The minimum atomic E-state index is 0.139. The number of benzene rings is 1. The van der Waals surface area contributed by atoms with Crippen LogP contribution in [0.2, 0.25) is 0 Å². The molecule has 0 aliphatic carbocycles. The lowest BCUT2D eigenvalue weighted by Crippen LogP contribution is -2.25. The Kier molecular flexibility index (Phi) is 6.07. The van der Waals surface area contributed by atoms with Crippen LogP contribution in [0.5, 0.6) is 5.75 Å². The van der Waals surface area contributed by atoms with Gasteiger partial charge in [0.1, 0.15) is 5.75 Å². The first kappa shape index (κ1) is 13.5. The lowest BCUT2D eigenvalue weighted by atomic mass is 10.1. The van der Waals surface area contributed by atoms with Crippen LogP contribution in [0.4, 0.5) is 0 Å². The first-order chi connectivity index (χ1) is 8.30. The lowest BCUT2D eigenvalue weighted by Gasteiger charge is -2.10. The molecule has 1 atom stereocenters. The molecule has 3 nitrogen and oxygen atoms in total. The zero-order valence-corrected chi connectivity index (χ0v) is 10.3. The molecule has 0 aliphatic heterocycles. The number of hydroxylamine groups is 1. The molecular formula is C14H19NO2. The van der Waals surface area contributed by atoms with Gasteiger partial charge in [0.05, 0.1) is 20.3 Å². The molecular weight excluding hydrogens is 214 g/mol. The van der Waals surface area contributed by atoms with Gasteiger partial charge in [0.25, 0.3) is 0 Å². The second kappa shape index (κ2) is 7.65. The zero-order chi connectivity index (χ0) is 12.5. The van der Waals surface area contributed by atoms with Gasteiger partial charge >= 0.3 is 0 Å².